The SMILES string of the molecule is CCON=C(CCC(=O)Cc1ccccn1)c1ccc(Cl)c(Cl)c1. The maximum Gasteiger partial charge on any atom is 0.139 e. The van der Waals surface area contributed by atoms with Crippen molar-refractivity contribution < 1.29 is 9.63 Å². The first-order chi connectivity index (χ1) is 11.6. The molecule has 0 spiro atoms. The Morgan fingerprint density at radius 3 is 2.67 bits per heavy atom. The number of aromatic nitrogens is 1. The standard InChI is InChI=1S/C18H18Cl2N2O2/c1-2-24-22-18(13-6-8-16(19)17(20)11-13)9-7-15(23)12-14-5-3-4-10-21-14/h3-6,8,10-11H,2,7,9,12H2,1H3. The van der Waals surface area contributed by atoms with Crippen LogP contribution in [0.5, 0.6) is 0 Å². The number of ketones is 1. The van der Waals surface area contributed by atoms with E-state index in [2.05, 4.69) is 10.1 Å². The van der Waals surface area contributed by atoms with Crippen molar-refractivity contribution in [3.8, 4) is 0 Å². The maximum absolute atomic E-state index is 12.2. The van der Waals surface area contributed by atoms with E-state index in [1.165, 1.54) is 0 Å². The molecule has 0 atom stereocenters. The molecule has 0 aliphatic carbocycles. The minimum Gasteiger partial charge on any atom is -0.396 e. The zero-order valence-electron chi connectivity index (χ0n) is 13.3. The van der Waals surface area contributed by atoms with E-state index in [1.54, 1.807) is 18.3 Å². The maximum atomic E-state index is 12.2. The first-order valence-corrected chi connectivity index (χ1v) is 8.41. The third kappa shape index (κ3) is 5.62. The van der Waals surface area contributed by atoms with Crippen LogP contribution in [0.3, 0.4) is 0 Å². The fraction of sp³-hybridized carbons (Fsp3) is 0.278. The Bertz CT molecular complexity index is 718. The van der Waals surface area contributed by atoms with Gasteiger partial charge in [-0.15, -0.1) is 0 Å². The van der Waals surface area contributed by atoms with Crippen molar-refractivity contribution in [1.29, 1.82) is 0 Å². The van der Waals surface area contributed by atoms with Crippen LogP contribution in [0, 0.1) is 0 Å². The molecule has 1 aromatic heterocycles. The van der Waals surface area contributed by atoms with E-state index in [0.29, 0.717) is 41.6 Å². The summed E-state index contributed by atoms with van der Waals surface area (Å²) in [6.45, 7) is 2.30. The van der Waals surface area contributed by atoms with Gasteiger partial charge < -0.3 is 4.84 Å². The summed E-state index contributed by atoms with van der Waals surface area (Å²) in [6, 6.07) is 10.8. The summed E-state index contributed by atoms with van der Waals surface area (Å²) < 4.78 is 0. The van der Waals surface area contributed by atoms with Gasteiger partial charge in [0.05, 0.1) is 15.8 Å². The first kappa shape index (κ1) is 18.4. The highest BCUT2D eigenvalue weighted by Crippen LogP contribution is 2.24. The molecule has 2 aromatic rings. The number of halogens is 2. The lowest BCUT2D eigenvalue weighted by Crippen LogP contribution is -2.09. The number of rotatable bonds is 8. The molecule has 4 nitrogen and oxygen atoms in total. The number of hydrogen-bond acceptors (Lipinski definition) is 4. The lowest BCUT2D eigenvalue weighted by Gasteiger charge is -2.08. The number of hydrogen-bond donors (Lipinski definition) is 0. The summed E-state index contributed by atoms with van der Waals surface area (Å²) in [5, 5.41) is 5.03. The van der Waals surface area contributed by atoms with E-state index in [1.807, 2.05) is 31.2 Å². The van der Waals surface area contributed by atoms with Crippen LogP contribution in [-0.4, -0.2) is 23.1 Å². The van der Waals surface area contributed by atoms with E-state index in [4.69, 9.17) is 28.0 Å². The van der Waals surface area contributed by atoms with Crippen LogP contribution in [-0.2, 0) is 16.1 Å². The molecule has 0 saturated carbocycles. The molecule has 2 rings (SSSR count). The highest BCUT2D eigenvalue weighted by Gasteiger charge is 2.11. The Morgan fingerprint density at radius 2 is 2.00 bits per heavy atom. The molecule has 24 heavy (non-hydrogen) atoms. The second-order valence-corrected chi connectivity index (χ2v) is 5.94. The van der Waals surface area contributed by atoms with Crippen LogP contribution in [0.2, 0.25) is 10.0 Å². The minimum absolute atomic E-state index is 0.0953. The van der Waals surface area contributed by atoms with Crippen molar-refractivity contribution in [2.75, 3.05) is 6.61 Å². The number of carbonyl (C=O) groups is 1. The Morgan fingerprint density at radius 1 is 1.17 bits per heavy atom. The largest absolute Gasteiger partial charge is 0.396 e. The highest BCUT2D eigenvalue weighted by atomic mass is 35.5. The Labute approximate surface area is 151 Å². The van der Waals surface area contributed by atoms with Crippen LogP contribution < -0.4 is 0 Å². The third-order valence-corrected chi connectivity index (χ3v) is 4.04. The van der Waals surface area contributed by atoms with Gasteiger partial charge in [-0.2, -0.15) is 0 Å². The average Bonchev–Trinajstić information content (AvgIpc) is 2.58. The summed E-state index contributed by atoms with van der Waals surface area (Å²) in [6.07, 6.45) is 2.80. The number of nitrogens with zero attached hydrogens (tertiary/aromatic N) is 2. The smallest absolute Gasteiger partial charge is 0.139 e. The summed E-state index contributed by atoms with van der Waals surface area (Å²) in [5.74, 6) is 0.0953. The van der Waals surface area contributed by atoms with Crippen LogP contribution in [0.4, 0.5) is 0 Å². The number of pyridine rings is 1. The van der Waals surface area contributed by atoms with E-state index in [0.717, 1.165) is 11.3 Å². The molecule has 126 valence electrons. The molecule has 1 aromatic carbocycles. The Kier molecular flexibility index (Phi) is 7.22. The molecule has 0 radical (unpaired) electrons. The van der Waals surface area contributed by atoms with Crippen molar-refractivity contribution in [2.45, 2.75) is 26.2 Å². The second kappa shape index (κ2) is 9.40. The van der Waals surface area contributed by atoms with E-state index in [-0.39, 0.29) is 5.78 Å². The molecule has 0 saturated heterocycles. The van der Waals surface area contributed by atoms with Crippen molar-refractivity contribution in [3.63, 3.8) is 0 Å². The predicted octanol–water partition coefficient (Wildman–Crippen LogP) is 4.72. The fourth-order valence-electron chi connectivity index (χ4n) is 2.11. The summed E-state index contributed by atoms with van der Waals surface area (Å²) in [7, 11) is 0. The van der Waals surface area contributed by atoms with Gasteiger partial charge in [-0.1, -0.05) is 40.5 Å². The van der Waals surface area contributed by atoms with Gasteiger partial charge in [-0.05, 0) is 31.2 Å². The number of carbonyl (C=O) groups excluding carboxylic acids is 1. The monoisotopic (exact) mass is 364 g/mol. The molecule has 0 unspecified atom stereocenters. The minimum atomic E-state index is 0.0953. The number of Topliss-reactive ketones (excluding diaryl/α,β-unsaturated/α-hetero) is 1. The normalized spacial score (nSPS) is 11.4. The van der Waals surface area contributed by atoms with Gasteiger partial charge in [0, 0.05) is 36.7 Å². The zero-order valence-corrected chi connectivity index (χ0v) is 14.8. The lowest BCUT2D eigenvalue weighted by atomic mass is 10.0. The van der Waals surface area contributed by atoms with Crippen LogP contribution in [0.15, 0.2) is 47.8 Å². The van der Waals surface area contributed by atoms with Gasteiger partial charge >= 0.3 is 0 Å². The Hall–Kier alpha value is -1.91. The Balaban J connectivity index is 2.03. The molecule has 0 amide bonds. The molecule has 0 fully saturated rings. The van der Waals surface area contributed by atoms with Gasteiger partial charge in [-0.3, -0.25) is 9.78 Å². The summed E-state index contributed by atoms with van der Waals surface area (Å²) >= 11 is 12.0. The zero-order chi connectivity index (χ0) is 17.4. The van der Waals surface area contributed by atoms with Crippen molar-refractivity contribution in [3.05, 3.63) is 63.9 Å². The fourth-order valence-corrected chi connectivity index (χ4v) is 2.41. The second-order valence-electron chi connectivity index (χ2n) is 5.12. The van der Waals surface area contributed by atoms with Crippen LogP contribution in [0.25, 0.3) is 0 Å². The molecule has 0 aliphatic rings. The predicted molar refractivity (Wildman–Crippen MR) is 96.8 cm³/mol. The number of oxime groups is 1. The van der Waals surface area contributed by atoms with E-state index < -0.39 is 0 Å². The molecule has 6 heteroatoms. The highest BCUT2D eigenvalue weighted by molar-refractivity contribution is 6.42. The molecule has 0 aliphatic heterocycles. The summed E-state index contributed by atoms with van der Waals surface area (Å²) in [4.78, 5) is 21.5. The lowest BCUT2D eigenvalue weighted by molar-refractivity contribution is -0.118. The topological polar surface area (TPSA) is 51.5 Å². The third-order valence-electron chi connectivity index (χ3n) is 3.30. The van der Waals surface area contributed by atoms with Gasteiger partial charge in [-0.25, -0.2) is 0 Å². The molecule has 0 bridgehead atoms. The number of benzene rings is 1. The van der Waals surface area contributed by atoms with Crippen LogP contribution in [0.1, 0.15) is 31.0 Å². The van der Waals surface area contributed by atoms with Gasteiger partial charge in [0.15, 0.2) is 0 Å². The molecule has 0 N–H and O–H groups in total. The van der Waals surface area contributed by atoms with Crippen molar-refractivity contribution in [1.82, 2.24) is 4.98 Å². The van der Waals surface area contributed by atoms with E-state index >= 15 is 0 Å². The van der Waals surface area contributed by atoms with Crippen LogP contribution >= 0.6 is 23.2 Å². The van der Waals surface area contributed by atoms with Crippen molar-refractivity contribution >= 4 is 34.7 Å². The van der Waals surface area contributed by atoms with Gasteiger partial charge in [0.2, 0.25) is 0 Å². The first-order valence-electron chi connectivity index (χ1n) is 7.66. The van der Waals surface area contributed by atoms with Gasteiger partial charge in [0.1, 0.15) is 12.4 Å². The van der Waals surface area contributed by atoms with E-state index in [9.17, 15) is 4.79 Å². The quantitative estimate of drug-likeness (QED) is 0.502. The van der Waals surface area contributed by atoms with Crippen molar-refractivity contribution in [2.24, 2.45) is 5.16 Å². The molecular weight excluding hydrogens is 347 g/mol. The molecular formula is C18H18Cl2N2O2. The summed E-state index contributed by atoms with van der Waals surface area (Å²) in [5.41, 5.74) is 2.23. The average molecular weight is 365 g/mol. The van der Waals surface area contributed by atoms with Gasteiger partial charge in [0.25, 0.3) is 0 Å². The molecule has 1 heterocycles.